The van der Waals surface area contributed by atoms with Crippen LogP contribution in [0.2, 0.25) is 0 Å². The zero-order valence-electron chi connectivity index (χ0n) is 15.8. The number of carboxylic acid groups (broad SMARTS) is 1. The number of fused-ring (bicyclic) bond motifs is 1. The minimum absolute atomic E-state index is 0.0242. The van der Waals surface area contributed by atoms with Crippen LogP contribution in [0.1, 0.15) is 24.8 Å². The van der Waals surface area contributed by atoms with Gasteiger partial charge < -0.3 is 25.2 Å². The van der Waals surface area contributed by atoms with E-state index in [1.54, 1.807) is 30.3 Å². The van der Waals surface area contributed by atoms with Gasteiger partial charge in [-0.05, 0) is 48.7 Å². The van der Waals surface area contributed by atoms with Gasteiger partial charge in [-0.25, -0.2) is 4.79 Å². The lowest BCUT2D eigenvalue weighted by Crippen LogP contribution is -2.18. The first-order valence-electron chi connectivity index (χ1n) is 9.30. The molecular formula is C21H22N2O6. The minimum Gasteiger partial charge on any atom is -0.494 e. The number of carbonyl (C=O) groups is 3. The lowest BCUT2D eigenvalue weighted by molar-refractivity contribution is -0.139. The lowest BCUT2D eigenvalue weighted by atomic mass is 10.0. The summed E-state index contributed by atoms with van der Waals surface area (Å²) in [4.78, 5) is 34.0. The van der Waals surface area contributed by atoms with Crippen LogP contribution < -0.4 is 20.1 Å². The van der Waals surface area contributed by atoms with Crippen molar-refractivity contribution in [3.05, 3.63) is 48.0 Å². The second kappa shape index (κ2) is 9.59. The molecule has 0 unspecified atom stereocenters. The predicted octanol–water partition coefficient (Wildman–Crippen LogP) is 2.83. The van der Waals surface area contributed by atoms with Crippen molar-refractivity contribution < 1.29 is 29.0 Å². The fourth-order valence-corrected chi connectivity index (χ4v) is 2.90. The Morgan fingerprint density at radius 2 is 1.90 bits per heavy atom. The Bertz CT molecular complexity index is 912. The third-order valence-corrected chi connectivity index (χ3v) is 4.27. The van der Waals surface area contributed by atoms with Crippen LogP contribution in [0.3, 0.4) is 0 Å². The van der Waals surface area contributed by atoms with E-state index in [4.69, 9.17) is 14.6 Å². The molecule has 0 bridgehead atoms. The van der Waals surface area contributed by atoms with Crippen LogP contribution in [0.4, 0.5) is 11.4 Å². The van der Waals surface area contributed by atoms with Crippen molar-refractivity contribution in [3.8, 4) is 11.5 Å². The highest BCUT2D eigenvalue weighted by molar-refractivity contribution is 5.94. The molecule has 0 spiro atoms. The van der Waals surface area contributed by atoms with E-state index in [9.17, 15) is 14.4 Å². The number of amides is 2. The van der Waals surface area contributed by atoms with Gasteiger partial charge in [0.2, 0.25) is 11.8 Å². The summed E-state index contributed by atoms with van der Waals surface area (Å²) >= 11 is 0. The average molecular weight is 398 g/mol. The number of carboxylic acids is 1. The van der Waals surface area contributed by atoms with Crippen molar-refractivity contribution in [1.82, 2.24) is 0 Å². The summed E-state index contributed by atoms with van der Waals surface area (Å²) in [5, 5.41) is 14.2. The molecule has 8 heteroatoms. The molecule has 8 nitrogen and oxygen atoms in total. The molecule has 3 rings (SSSR count). The summed E-state index contributed by atoms with van der Waals surface area (Å²) in [5.74, 6) is -0.128. The van der Waals surface area contributed by atoms with Gasteiger partial charge >= 0.3 is 5.97 Å². The lowest BCUT2D eigenvalue weighted by Gasteiger charge is -2.17. The number of anilines is 2. The maximum atomic E-state index is 12.1. The number of ether oxygens (including phenoxy) is 2. The van der Waals surface area contributed by atoms with E-state index >= 15 is 0 Å². The zero-order valence-corrected chi connectivity index (χ0v) is 15.8. The fraction of sp³-hybridized carbons (Fsp3) is 0.286. The summed E-state index contributed by atoms with van der Waals surface area (Å²) < 4.78 is 10.8. The average Bonchev–Trinajstić information content (AvgIpc) is 2.70. The number of carbonyl (C=O) groups excluding carboxylic acids is 2. The second-order valence-corrected chi connectivity index (χ2v) is 6.58. The molecule has 0 saturated carbocycles. The van der Waals surface area contributed by atoms with Gasteiger partial charge in [-0.3, -0.25) is 9.59 Å². The second-order valence-electron chi connectivity index (χ2n) is 6.58. The highest BCUT2D eigenvalue weighted by Crippen LogP contribution is 2.27. The molecule has 1 aliphatic heterocycles. The van der Waals surface area contributed by atoms with E-state index in [0.717, 1.165) is 11.3 Å². The molecular weight excluding hydrogens is 376 g/mol. The molecule has 1 aliphatic rings. The van der Waals surface area contributed by atoms with Gasteiger partial charge in [0.05, 0.1) is 6.61 Å². The maximum absolute atomic E-state index is 12.1. The molecule has 0 fully saturated rings. The van der Waals surface area contributed by atoms with Crippen molar-refractivity contribution in [1.29, 1.82) is 0 Å². The van der Waals surface area contributed by atoms with Crippen molar-refractivity contribution in [2.45, 2.75) is 25.7 Å². The van der Waals surface area contributed by atoms with E-state index in [0.29, 0.717) is 43.1 Å². The van der Waals surface area contributed by atoms with Crippen LogP contribution in [0.5, 0.6) is 11.5 Å². The normalized spacial score (nSPS) is 12.5. The Morgan fingerprint density at radius 3 is 2.72 bits per heavy atom. The summed E-state index contributed by atoms with van der Waals surface area (Å²) in [6.45, 7) is -0.0515. The SMILES string of the molecule is O=C(O)COc1cccc(NC(=O)CCCOc2ccc3c(c2)CCC(=O)N3)c1. The predicted molar refractivity (Wildman–Crippen MR) is 106 cm³/mol. The van der Waals surface area contributed by atoms with E-state index in [2.05, 4.69) is 10.6 Å². The van der Waals surface area contributed by atoms with E-state index in [1.165, 1.54) is 0 Å². The molecule has 2 amide bonds. The Labute approximate surface area is 167 Å². The molecule has 1 heterocycles. The summed E-state index contributed by atoms with van der Waals surface area (Å²) in [7, 11) is 0. The minimum atomic E-state index is -1.07. The van der Waals surface area contributed by atoms with Gasteiger partial charge in [-0.2, -0.15) is 0 Å². The van der Waals surface area contributed by atoms with Gasteiger partial charge in [0.1, 0.15) is 11.5 Å². The van der Waals surface area contributed by atoms with E-state index < -0.39 is 12.6 Å². The molecule has 0 saturated heterocycles. The van der Waals surface area contributed by atoms with E-state index in [1.807, 2.05) is 12.1 Å². The van der Waals surface area contributed by atoms with Gasteiger partial charge in [0.15, 0.2) is 6.61 Å². The van der Waals surface area contributed by atoms with Gasteiger partial charge in [0.25, 0.3) is 0 Å². The monoisotopic (exact) mass is 398 g/mol. The number of rotatable bonds is 9. The number of aliphatic carboxylic acids is 1. The topological polar surface area (TPSA) is 114 Å². The van der Waals surface area contributed by atoms with Gasteiger partial charge in [-0.1, -0.05) is 6.07 Å². The molecule has 3 N–H and O–H groups in total. The smallest absolute Gasteiger partial charge is 0.341 e. The Hall–Kier alpha value is -3.55. The molecule has 0 atom stereocenters. The number of nitrogens with one attached hydrogen (secondary N) is 2. The van der Waals surface area contributed by atoms with Gasteiger partial charge in [-0.15, -0.1) is 0 Å². The van der Waals surface area contributed by atoms with Crippen molar-refractivity contribution >= 4 is 29.2 Å². The van der Waals surface area contributed by atoms with Crippen LogP contribution >= 0.6 is 0 Å². The third-order valence-electron chi connectivity index (χ3n) is 4.27. The first-order chi connectivity index (χ1) is 14.0. The fourth-order valence-electron chi connectivity index (χ4n) is 2.90. The quantitative estimate of drug-likeness (QED) is 0.560. The number of hydrogen-bond donors (Lipinski definition) is 3. The molecule has 0 aliphatic carbocycles. The summed E-state index contributed by atoms with van der Waals surface area (Å²) in [6.07, 6.45) is 1.98. The first kappa shape index (κ1) is 20.2. The molecule has 29 heavy (non-hydrogen) atoms. The highest BCUT2D eigenvalue weighted by Gasteiger charge is 2.15. The summed E-state index contributed by atoms with van der Waals surface area (Å²) in [6, 6.07) is 12.1. The van der Waals surface area contributed by atoms with Crippen LogP contribution in [-0.4, -0.2) is 36.1 Å². The summed E-state index contributed by atoms with van der Waals surface area (Å²) in [5.41, 5.74) is 2.41. The molecule has 2 aromatic carbocycles. The van der Waals surface area contributed by atoms with Crippen LogP contribution in [-0.2, 0) is 20.8 Å². The van der Waals surface area contributed by atoms with Crippen molar-refractivity contribution in [3.63, 3.8) is 0 Å². The van der Waals surface area contributed by atoms with Crippen molar-refractivity contribution in [2.75, 3.05) is 23.8 Å². The van der Waals surface area contributed by atoms with Crippen LogP contribution in [0.25, 0.3) is 0 Å². The van der Waals surface area contributed by atoms with Crippen LogP contribution in [0.15, 0.2) is 42.5 Å². The largest absolute Gasteiger partial charge is 0.494 e. The number of aryl methyl sites for hydroxylation is 1. The Kier molecular flexibility index (Phi) is 6.67. The van der Waals surface area contributed by atoms with E-state index in [-0.39, 0.29) is 18.2 Å². The molecule has 2 aromatic rings. The number of benzene rings is 2. The zero-order chi connectivity index (χ0) is 20.6. The van der Waals surface area contributed by atoms with Crippen LogP contribution in [0, 0.1) is 0 Å². The molecule has 0 aromatic heterocycles. The Morgan fingerprint density at radius 1 is 1.07 bits per heavy atom. The first-order valence-corrected chi connectivity index (χ1v) is 9.30. The maximum Gasteiger partial charge on any atom is 0.341 e. The van der Waals surface area contributed by atoms with Gasteiger partial charge in [0, 0.05) is 30.3 Å². The third kappa shape index (κ3) is 6.24. The number of hydrogen-bond acceptors (Lipinski definition) is 5. The van der Waals surface area contributed by atoms with Crippen molar-refractivity contribution in [2.24, 2.45) is 0 Å². The molecule has 152 valence electrons. The standard InChI is InChI=1S/C21H22N2O6/c24-19(22-15-3-1-4-16(12-15)29-13-21(26)27)5-2-10-28-17-7-8-18-14(11-17)6-9-20(25)23-18/h1,3-4,7-8,11-12H,2,5-6,9-10,13H2,(H,22,24)(H,23,25)(H,26,27). The highest BCUT2D eigenvalue weighted by atomic mass is 16.5. The molecule has 0 radical (unpaired) electrons. The Balaban J connectivity index is 1.41.